The van der Waals surface area contributed by atoms with E-state index in [0.717, 1.165) is 47.9 Å². The smallest absolute Gasteiger partial charge is 0.336 e. The Morgan fingerprint density at radius 3 is 2.74 bits per heavy atom. The second-order valence-corrected chi connectivity index (χ2v) is 6.68. The molecule has 0 spiro atoms. The first-order valence-electron chi connectivity index (χ1n) is 8.98. The molecular formula is C21H19F2NO3. The number of rotatable bonds is 4. The minimum Gasteiger partial charge on any atom is -0.473 e. The summed E-state index contributed by atoms with van der Waals surface area (Å²) < 4.78 is 38.1. The lowest BCUT2D eigenvalue weighted by Gasteiger charge is -2.31. The second kappa shape index (κ2) is 7.02. The summed E-state index contributed by atoms with van der Waals surface area (Å²) in [6.07, 6.45) is 2.80. The van der Waals surface area contributed by atoms with Gasteiger partial charge >= 0.3 is 5.63 Å². The zero-order chi connectivity index (χ0) is 19.0. The number of benzene rings is 2. The maximum absolute atomic E-state index is 13.6. The van der Waals surface area contributed by atoms with Crippen molar-refractivity contribution in [2.24, 2.45) is 0 Å². The summed E-state index contributed by atoms with van der Waals surface area (Å²) in [5.74, 6) is -1.17. The van der Waals surface area contributed by atoms with Gasteiger partial charge in [0.25, 0.3) is 0 Å². The number of ether oxygens (including phenoxy) is 1. The van der Waals surface area contributed by atoms with Gasteiger partial charge in [-0.15, -0.1) is 0 Å². The molecule has 2 heterocycles. The SMILES string of the molecule is CCCCc1cc(=O)oc2c3c(ccc12)OCN(c1ccc(F)c(F)c1)C3. The molecule has 0 saturated carbocycles. The molecule has 140 valence electrons. The highest BCUT2D eigenvalue weighted by Crippen LogP contribution is 2.35. The number of halogens is 2. The lowest BCUT2D eigenvalue weighted by molar-refractivity contribution is 0.289. The van der Waals surface area contributed by atoms with Gasteiger partial charge in [-0.05, 0) is 42.7 Å². The van der Waals surface area contributed by atoms with Crippen molar-refractivity contribution in [3.8, 4) is 5.75 Å². The number of anilines is 1. The maximum Gasteiger partial charge on any atom is 0.336 e. The van der Waals surface area contributed by atoms with E-state index in [1.165, 1.54) is 6.07 Å². The zero-order valence-corrected chi connectivity index (χ0v) is 14.9. The summed E-state index contributed by atoms with van der Waals surface area (Å²) in [4.78, 5) is 13.8. The number of unbranched alkanes of at least 4 members (excludes halogenated alkanes) is 1. The lowest BCUT2D eigenvalue weighted by atomic mass is 10.0. The highest BCUT2D eigenvalue weighted by Gasteiger charge is 2.23. The van der Waals surface area contributed by atoms with Gasteiger partial charge in [0.05, 0.1) is 12.1 Å². The Balaban J connectivity index is 1.78. The van der Waals surface area contributed by atoms with Crippen molar-refractivity contribution in [3.63, 3.8) is 0 Å². The average Bonchev–Trinajstić information content (AvgIpc) is 2.67. The third-order valence-electron chi connectivity index (χ3n) is 4.85. The molecule has 0 amide bonds. The Kier molecular flexibility index (Phi) is 4.56. The Labute approximate surface area is 155 Å². The third kappa shape index (κ3) is 3.27. The molecule has 0 N–H and O–H groups in total. The first-order chi connectivity index (χ1) is 13.1. The normalized spacial score (nSPS) is 13.5. The summed E-state index contributed by atoms with van der Waals surface area (Å²) in [5.41, 5.74) is 2.29. The predicted molar refractivity (Wildman–Crippen MR) is 99.1 cm³/mol. The third-order valence-corrected chi connectivity index (χ3v) is 4.85. The Bertz CT molecular complexity index is 1060. The molecule has 0 fully saturated rings. The molecule has 0 bridgehead atoms. The molecule has 27 heavy (non-hydrogen) atoms. The van der Waals surface area contributed by atoms with Crippen LogP contribution < -0.4 is 15.3 Å². The van der Waals surface area contributed by atoms with Crippen LogP contribution in [-0.2, 0) is 13.0 Å². The van der Waals surface area contributed by atoms with Gasteiger partial charge in [-0.2, -0.15) is 0 Å². The number of fused-ring (bicyclic) bond motifs is 3. The number of hydrogen-bond acceptors (Lipinski definition) is 4. The predicted octanol–water partition coefficient (Wildman–Crippen LogP) is 4.77. The van der Waals surface area contributed by atoms with E-state index >= 15 is 0 Å². The van der Waals surface area contributed by atoms with Crippen molar-refractivity contribution in [1.82, 2.24) is 0 Å². The van der Waals surface area contributed by atoms with Gasteiger partial charge in [0, 0.05) is 23.2 Å². The molecule has 1 aromatic heterocycles. The fourth-order valence-corrected chi connectivity index (χ4v) is 3.42. The zero-order valence-electron chi connectivity index (χ0n) is 14.9. The minimum atomic E-state index is -0.912. The van der Waals surface area contributed by atoms with E-state index in [1.807, 2.05) is 12.1 Å². The fourth-order valence-electron chi connectivity index (χ4n) is 3.42. The molecule has 0 aliphatic carbocycles. The number of aryl methyl sites for hydroxylation is 1. The fraction of sp³-hybridized carbons (Fsp3) is 0.286. The molecule has 6 heteroatoms. The van der Waals surface area contributed by atoms with Crippen LogP contribution in [0.1, 0.15) is 30.9 Å². The van der Waals surface area contributed by atoms with Crippen LogP contribution in [-0.4, -0.2) is 6.73 Å². The Morgan fingerprint density at radius 2 is 1.96 bits per heavy atom. The first kappa shape index (κ1) is 17.5. The van der Waals surface area contributed by atoms with Crippen LogP contribution in [0.25, 0.3) is 11.0 Å². The van der Waals surface area contributed by atoms with Gasteiger partial charge in [0.2, 0.25) is 0 Å². The molecule has 1 aliphatic rings. The van der Waals surface area contributed by atoms with Gasteiger partial charge < -0.3 is 14.1 Å². The molecular weight excluding hydrogens is 352 g/mol. The van der Waals surface area contributed by atoms with Gasteiger partial charge in [-0.1, -0.05) is 13.3 Å². The van der Waals surface area contributed by atoms with Crippen molar-refractivity contribution < 1.29 is 17.9 Å². The number of nitrogens with zero attached hydrogens (tertiary/aromatic N) is 1. The highest BCUT2D eigenvalue weighted by molar-refractivity contribution is 5.85. The van der Waals surface area contributed by atoms with Gasteiger partial charge in [-0.3, -0.25) is 0 Å². The molecule has 0 saturated heterocycles. The first-order valence-corrected chi connectivity index (χ1v) is 8.98. The topological polar surface area (TPSA) is 42.7 Å². The molecule has 0 radical (unpaired) electrons. The van der Waals surface area contributed by atoms with Gasteiger partial charge in [0.15, 0.2) is 18.4 Å². The summed E-state index contributed by atoms with van der Waals surface area (Å²) in [7, 11) is 0. The van der Waals surface area contributed by atoms with Crippen molar-refractivity contribution >= 4 is 16.7 Å². The van der Waals surface area contributed by atoms with Crippen LogP contribution in [0.5, 0.6) is 5.75 Å². The van der Waals surface area contributed by atoms with E-state index in [0.29, 0.717) is 23.6 Å². The summed E-state index contributed by atoms with van der Waals surface area (Å²) in [6.45, 7) is 2.67. The van der Waals surface area contributed by atoms with E-state index < -0.39 is 17.3 Å². The van der Waals surface area contributed by atoms with E-state index in [4.69, 9.17) is 9.15 Å². The largest absolute Gasteiger partial charge is 0.473 e. The molecule has 3 aromatic rings. The average molecular weight is 371 g/mol. The van der Waals surface area contributed by atoms with Crippen LogP contribution in [0.15, 0.2) is 45.6 Å². The van der Waals surface area contributed by atoms with Crippen LogP contribution in [0, 0.1) is 11.6 Å². The van der Waals surface area contributed by atoms with E-state index in [1.54, 1.807) is 11.0 Å². The monoisotopic (exact) mass is 371 g/mol. The van der Waals surface area contributed by atoms with E-state index in [9.17, 15) is 13.6 Å². The lowest BCUT2D eigenvalue weighted by Crippen LogP contribution is -2.32. The van der Waals surface area contributed by atoms with Crippen molar-refractivity contribution in [2.45, 2.75) is 32.7 Å². The Hall–Kier alpha value is -2.89. The van der Waals surface area contributed by atoms with Crippen molar-refractivity contribution in [1.29, 1.82) is 0 Å². The van der Waals surface area contributed by atoms with Crippen LogP contribution >= 0.6 is 0 Å². The van der Waals surface area contributed by atoms with Crippen LogP contribution in [0.3, 0.4) is 0 Å². The summed E-state index contributed by atoms with van der Waals surface area (Å²) in [6, 6.07) is 9.05. The maximum atomic E-state index is 13.6. The summed E-state index contributed by atoms with van der Waals surface area (Å²) in [5, 5.41) is 0.887. The molecule has 0 atom stereocenters. The quantitative estimate of drug-likeness (QED) is 0.620. The van der Waals surface area contributed by atoms with Gasteiger partial charge in [0.1, 0.15) is 11.3 Å². The van der Waals surface area contributed by atoms with Crippen LogP contribution in [0.2, 0.25) is 0 Å². The molecule has 0 unspecified atom stereocenters. The van der Waals surface area contributed by atoms with E-state index in [2.05, 4.69) is 6.92 Å². The second-order valence-electron chi connectivity index (χ2n) is 6.68. The Morgan fingerprint density at radius 1 is 1.11 bits per heavy atom. The molecule has 1 aliphatic heterocycles. The standard InChI is InChI=1S/C21H19F2NO3/c1-2-3-4-13-9-20(25)27-21-15(13)6-8-19-16(21)11-24(12-26-19)14-5-7-17(22)18(23)10-14/h5-10H,2-4,11-12H2,1H3. The van der Waals surface area contributed by atoms with Crippen molar-refractivity contribution in [2.75, 3.05) is 11.6 Å². The summed E-state index contributed by atoms with van der Waals surface area (Å²) >= 11 is 0. The van der Waals surface area contributed by atoms with Crippen molar-refractivity contribution in [3.05, 3.63) is 69.6 Å². The van der Waals surface area contributed by atoms with Gasteiger partial charge in [-0.25, -0.2) is 13.6 Å². The highest BCUT2D eigenvalue weighted by atomic mass is 19.2. The number of hydrogen-bond donors (Lipinski definition) is 0. The van der Waals surface area contributed by atoms with Crippen LogP contribution in [0.4, 0.5) is 14.5 Å². The van der Waals surface area contributed by atoms with E-state index in [-0.39, 0.29) is 6.73 Å². The molecule has 4 rings (SSSR count). The minimum absolute atomic E-state index is 0.198. The molecule has 2 aromatic carbocycles. The molecule has 4 nitrogen and oxygen atoms in total.